The number of amides is 1. The third-order valence-corrected chi connectivity index (χ3v) is 6.03. The predicted molar refractivity (Wildman–Crippen MR) is 93.5 cm³/mol. The van der Waals surface area contributed by atoms with Gasteiger partial charge in [0, 0.05) is 12.5 Å². The summed E-state index contributed by atoms with van der Waals surface area (Å²) >= 11 is 1.32. The Hall–Kier alpha value is -1.40. The Bertz CT molecular complexity index is 586. The van der Waals surface area contributed by atoms with Gasteiger partial charge in [0.05, 0.1) is 25.4 Å². The van der Waals surface area contributed by atoms with E-state index in [1.807, 2.05) is 16.3 Å². The number of hydrogen-bond donors (Lipinski definition) is 0. The molecule has 2 heterocycles. The number of ether oxygens (including phenoxy) is 2. The maximum Gasteiger partial charge on any atom is 0.350 e. The third-order valence-electron chi connectivity index (χ3n) is 5.15. The van der Waals surface area contributed by atoms with Crippen molar-refractivity contribution in [1.29, 1.82) is 0 Å². The van der Waals surface area contributed by atoms with Gasteiger partial charge in [-0.1, -0.05) is 6.92 Å². The van der Waals surface area contributed by atoms with Crippen molar-refractivity contribution in [3.63, 3.8) is 0 Å². The van der Waals surface area contributed by atoms with E-state index >= 15 is 0 Å². The van der Waals surface area contributed by atoms with Crippen LogP contribution in [-0.4, -0.2) is 38.2 Å². The van der Waals surface area contributed by atoms with Crippen LogP contribution in [0.4, 0.5) is 5.69 Å². The summed E-state index contributed by atoms with van der Waals surface area (Å²) in [5, 5.41) is 1.85. The van der Waals surface area contributed by atoms with E-state index in [2.05, 4.69) is 6.92 Å². The van der Waals surface area contributed by atoms with Crippen molar-refractivity contribution in [2.45, 2.75) is 45.1 Å². The van der Waals surface area contributed by atoms with Gasteiger partial charge in [0.25, 0.3) is 0 Å². The zero-order valence-electron chi connectivity index (χ0n) is 14.3. The Morgan fingerprint density at radius 2 is 2.00 bits per heavy atom. The SMILES string of the molecule is COC(=O)c1sccc1N(C(=O)C1CCC(C)CC1)C1CCOC1. The van der Waals surface area contributed by atoms with Crippen molar-refractivity contribution in [3.05, 3.63) is 16.3 Å². The number of anilines is 1. The molecule has 1 unspecified atom stereocenters. The summed E-state index contributed by atoms with van der Waals surface area (Å²) < 4.78 is 10.4. The highest BCUT2D eigenvalue weighted by atomic mass is 32.1. The van der Waals surface area contributed by atoms with Gasteiger partial charge in [0.1, 0.15) is 4.88 Å². The van der Waals surface area contributed by atoms with Gasteiger partial charge in [-0.05, 0) is 49.5 Å². The minimum absolute atomic E-state index is 0.00913. The van der Waals surface area contributed by atoms with Crippen LogP contribution in [0, 0.1) is 11.8 Å². The van der Waals surface area contributed by atoms with Crippen molar-refractivity contribution in [3.8, 4) is 0 Å². The second kappa shape index (κ2) is 7.66. The van der Waals surface area contributed by atoms with E-state index in [9.17, 15) is 9.59 Å². The molecule has 1 amide bonds. The van der Waals surface area contributed by atoms with Crippen LogP contribution in [0.5, 0.6) is 0 Å². The van der Waals surface area contributed by atoms with E-state index in [0.717, 1.165) is 32.1 Å². The van der Waals surface area contributed by atoms with Gasteiger partial charge in [-0.2, -0.15) is 0 Å². The van der Waals surface area contributed by atoms with Crippen LogP contribution in [0.25, 0.3) is 0 Å². The summed E-state index contributed by atoms with van der Waals surface area (Å²) in [6.07, 6.45) is 4.87. The van der Waals surface area contributed by atoms with Crippen molar-refractivity contribution >= 4 is 28.9 Å². The lowest BCUT2D eigenvalue weighted by molar-refractivity contribution is -0.124. The number of carbonyl (C=O) groups is 2. The van der Waals surface area contributed by atoms with Crippen LogP contribution in [0.2, 0.25) is 0 Å². The Labute approximate surface area is 146 Å². The second-order valence-electron chi connectivity index (χ2n) is 6.81. The number of nitrogens with zero attached hydrogens (tertiary/aromatic N) is 1. The summed E-state index contributed by atoms with van der Waals surface area (Å²) in [5.74, 6) is 0.506. The molecule has 1 atom stereocenters. The number of methoxy groups -OCH3 is 1. The molecule has 132 valence electrons. The van der Waals surface area contributed by atoms with Crippen molar-refractivity contribution in [2.24, 2.45) is 11.8 Å². The number of hydrogen-bond acceptors (Lipinski definition) is 5. The molecule has 1 saturated carbocycles. The van der Waals surface area contributed by atoms with Gasteiger partial charge in [-0.15, -0.1) is 11.3 Å². The minimum atomic E-state index is -0.381. The fourth-order valence-corrected chi connectivity index (χ4v) is 4.46. The molecule has 0 bridgehead atoms. The summed E-state index contributed by atoms with van der Waals surface area (Å²) in [5.41, 5.74) is 0.686. The molecule has 0 radical (unpaired) electrons. The first kappa shape index (κ1) is 17.4. The third kappa shape index (κ3) is 3.49. The van der Waals surface area contributed by atoms with E-state index < -0.39 is 0 Å². The van der Waals surface area contributed by atoms with Crippen LogP contribution >= 0.6 is 11.3 Å². The molecule has 1 aliphatic heterocycles. The molecule has 1 aliphatic carbocycles. The van der Waals surface area contributed by atoms with E-state index in [1.165, 1.54) is 18.4 Å². The molecule has 0 aromatic carbocycles. The standard InChI is InChI=1S/C18H25NO4S/c1-12-3-5-13(6-4-12)17(20)19(14-7-9-23-11-14)15-8-10-24-16(15)18(21)22-2/h8,10,12-14H,3-7,9,11H2,1-2H3. The summed E-state index contributed by atoms with van der Waals surface area (Å²) in [6.45, 7) is 3.44. The highest BCUT2D eigenvalue weighted by Crippen LogP contribution is 2.35. The van der Waals surface area contributed by atoms with Crippen molar-refractivity contribution < 1.29 is 19.1 Å². The van der Waals surface area contributed by atoms with Gasteiger partial charge < -0.3 is 14.4 Å². The van der Waals surface area contributed by atoms with Crippen LogP contribution in [0.15, 0.2) is 11.4 Å². The molecule has 1 saturated heterocycles. The average molecular weight is 351 g/mol. The molecule has 24 heavy (non-hydrogen) atoms. The van der Waals surface area contributed by atoms with E-state index in [1.54, 1.807) is 0 Å². The normalized spacial score (nSPS) is 27.0. The monoisotopic (exact) mass is 351 g/mol. The summed E-state index contributed by atoms with van der Waals surface area (Å²) in [4.78, 5) is 27.7. The molecule has 0 spiro atoms. The Morgan fingerprint density at radius 1 is 1.25 bits per heavy atom. The largest absolute Gasteiger partial charge is 0.465 e. The average Bonchev–Trinajstić information content (AvgIpc) is 3.27. The highest BCUT2D eigenvalue weighted by molar-refractivity contribution is 7.12. The summed E-state index contributed by atoms with van der Waals surface area (Å²) in [7, 11) is 1.37. The molecule has 2 fully saturated rings. The summed E-state index contributed by atoms with van der Waals surface area (Å²) in [6, 6.07) is 1.87. The second-order valence-corrected chi connectivity index (χ2v) is 7.73. The van der Waals surface area contributed by atoms with Gasteiger partial charge in [-0.3, -0.25) is 4.79 Å². The fourth-order valence-electron chi connectivity index (χ4n) is 3.66. The van der Waals surface area contributed by atoms with Gasteiger partial charge in [0.2, 0.25) is 5.91 Å². The Morgan fingerprint density at radius 3 is 2.62 bits per heavy atom. The van der Waals surface area contributed by atoms with Crippen molar-refractivity contribution in [1.82, 2.24) is 0 Å². The number of esters is 1. The molecule has 6 heteroatoms. The first-order valence-electron chi connectivity index (χ1n) is 8.68. The van der Waals surface area contributed by atoms with E-state index in [-0.39, 0.29) is 23.8 Å². The van der Waals surface area contributed by atoms with Gasteiger partial charge >= 0.3 is 5.97 Å². The van der Waals surface area contributed by atoms with Crippen LogP contribution in [0.3, 0.4) is 0 Å². The highest BCUT2D eigenvalue weighted by Gasteiger charge is 2.36. The molecule has 1 aromatic rings. The first-order chi connectivity index (χ1) is 11.6. The molecule has 3 rings (SSSR count). The van der Waals surface area contributed by atoms with Gasteiger partial charge in [0.15, 0.2) is 0 Å². The maximum absolute atomic E-state index is 13.3. The van der Waals surface area contributed by atoms with Crippen molar-refractivity contribution in [2.75, 3.05) is 25.2 Å². The zero-order chi connectivity index (χ0) is 17.1. The maximum atomic E-state index is 13.3. The molecule has 2 aliphatic rings. The molecule has 1 aromatic heterocycles. The van der Waals surface area contributed by atoms with Crippen LogP contribution in [0.1, 0.15) is 48.7 Å². The number of rotatable bonds is 4. The lowest BCUT2D eigenvalue weighted by atomic mass is 9.82. The molecular formula is C18H25NO4S. The number of thiophene rings is 1. The Balaban J connectivity index is 1.88. The Kier molecular flexibility index (Phi) is 5.56. The smallest absolute Gasteiger partial charge is 0.350 e. The van der Waals surface area contributed by atoms with E-state index in [0.29, 0.717) is 29.7 Å². The first-order valence-corrected chi connectivity index (χ1v) is 9.56. The minimum Gasteiger partial charge on any atom is -0.465 e. The van der Waals surface area contributed by atoms with Gasteiger partial charge in [-0.25, -0.2) is 4.79 Å². The fraction of sp³-hybridized carbons (Fsp3) is 0.667. The molecular weight excluding hydrogens is 326 g/mol. The van der Waals surface area contributed by atoms with Crippen LogP contribution in [-0.2, 0) is 14.3 Å². The lowest BCUT2D eigenvalue weighted by Crippen LogP contribution is -2.45. The topological polar surface area (TPSA) is 55.8 Å². The quantitative estimate of drug-likeness (QED) is 0.779. The zero-order valence-corrected chi connectivity index (χ0v) is 15.1. The molecule has 0 N–H and O–H groups in total. The number of carbonyl (C=O) groups excluding carboxylic acids is 2. The lowest BCUT2D eigenvalue weighted by Gasteiger charge is -2.34. The van der Waals surface area contributed by atoms with Crippen LogP contribution < -0.4 is 4.90 Å². The predicted octanol–water partition coefficient (Wildman–Crippen LogP) is 3.48. The van der Waals surface area contributed by atoms with E-state index in [4.69, 9.17) is 9.47 Å². The molecule has 5 nitrogen and oxygen atoms in total.